The third-order valence-corrected chi connectivity index (χ3v) is 4.49. The summed E-state index contributed by atoms with van der Waals surface area (Å²) in [6, 6.07) is 19.1. The van der Waals surface area contributed by atoms with E-state index in [9.17, 15) is 9.59 Å². The molecule has 0 atom stereocenters. The summed E-state index contributed by atoms with van der Waals surface area (Å²) in [7, 11) is 0. The molecule has 0 fully saturated rings. The summed E-state index contributed by atoms with van der Waals surface area (Å²) in [5.41, 5.74) is 7.75. The summed E-state index contributed by atoms with van der Waals surface area (Å²) in [5, 5.41) is 0. The van der Waals surface area contributed by atoms with Gasteiger partial charge >= 0.3 is 5.69 Å². The van der Waals surface area contributed by atoms with Gasteiger partial charge in [0.25, 0.3) is 5.56 Å². The van der Waals surface area contributed by atoms with Crippen LogP contribution in [0.15, 0.2) is 70.3 Å². The fraction of sp³-hybridized carbons (Fsp3) is 0.143. The molecule has 0 spiro atoms. The van der Waals surface area contributed by atoms with Crippen molar-refractivity contribution < 1.29 is 0 Å². The predicted molar refractivity (Wildman–Crippen MR) is 109 cm³/mol. The zero-order chi connectivity index (χ0) is 19.5. The Morgan fingerprint density at radius 3 is 2.00 bits per heavy atom. The second kappa shape index (κ2) is 7.58. The summed E-state index contributed by atoms with van der Waals surface area (Å²) in [5.74, 6) is 0. The summed E-state index contributed by atoms with van der Waals surface area (Å²) in [6.07, 6.45) is 0.523. The lowest BCUT2D eigenvalue weighted by Gasteiger charge is -2.11. The minimum absolute atomic E-state index is 0.134. The Balaban J connectivity index is 2.03. The van der Waals surface area contributed by atoms with Gasteiger partial charge in [-0.15, -0.1) is 0 Å². The van der Waals surface area contributed by atoms with Gasteiger partial charge in [-0.25, -0.2) is 14.8 Å². The van der Waals surface area contributed by atoms with E-state index in [0.717, 1.165) is 15.7 Å². The second-order valence-corrected chi connectivity index (χ2v) is 6.38. The van der Waals surface area contributed by atoms with Gasteiger partial charge in [0.2, 0.25) is 0 Å². The molecular formula is C21H19N5O2. The van der Waals surface area contributed by atoms with E-state index in [1.807, 2.05) is 60.7 Å². The second-order valence-electron chi connectivity index (χ2n) is 6.38. The molecule has 0 aliphatic heterocycles. The highest BCUT2D eigenvalue weighted by Crippen LogP contribution is 2.29. The number of nitrogens with two attached hydrogens (primary N) is 1. The van der Waals surface area contributed by atoms with Crippen LogP contribution in [0.3, 0.4) is 0 Å². The molecule has 0 saturated carbocycles. The molecule has 0 unspecified atom stereocenters. The Bertz CT molecular complexity index is 1230. The molecule has 0 saturated heterocycles. The van der Waals surface area contributed by atoms with Crippen LogP contribution in [-0.4, -0.2) is 26.1 Å². The molecular weight excluding hydrogens is 354 g/mol. The lowest BCUT2D eigenvalue weighted by atomic mass is 10.0. The van der Waals surface area contributed by atoms with Crippen LogP contribution >= 0.6 is 0 Å². The van der Waals surface area contributed by atoms with Gasteiger partial charge in [-0.1, -0.05) is 60.7 Å². The van der Waals surface area contributed by atoms with Crippen LogP contribution in [0, 0.1) is 0 Å². The Morgan fingerprint density at radius 2 is 1.43 bits per heavy atom. The molecule has 0 bridgehead atoms. The minimum atomic E-state index is -0.508. The van der Waals surface area contributed by atoms with Crippen molar-refractivity contribution in [2.45, 2.75) is 13.0 Å². The molecule has 0 radical (unpaired) electrons. The molecule has 7 nitrogen and oxygen atoms in total. The Kier molecular flexibility index (Phi) is 4.82. The highest BCUT2D eigenvalue weighted by molar-refractivity contribution is 5.84. The smallest absolute Gasteiger partial charge is 0.330 e. The summed E-state index contributed by atoms with van der Waals surface area (Å²) < 4.78 is 1.13. The molecule has 28 heavy (non-hydrogen) atoms. The molecule has 2 aromatic heterocycles. The molecule has 0 aliphatic rings. The molecule has 4 rings (SSSR count). The third-order valence-electron chi connectivity index (χ3n) is 4.49. The first-order valence-corrected chi connectivity index (χ1v) is 9.05. The van der Waals surface area contributed by atoms with Gasteiger partial charge in [0.05, 0.1) is 11.4 Å². The van der Waals surface area contributed by atoms with Crippen molar-refractivity contribution in [3.05, 3.63) is 81.5 Å². The number of aromatic amines is 1. The predicted octanol–water partition coefficient (Wildman–Crippen LogP) is 2.16. The number of fused-ring (bicyclic) bond motifs is 1. The Morgan fingerprint density at radius 1 is 0.857 bits per heavy atom. The van der Waals surface area contributed by atoms with Gasteiger partial charge in [-0.05, 0) is 13.0 Å². The zero-order valence-corrected chi connectivity index (χ0v) is 15.1. The van der Waals surface area contributed by atoms with Crippen LogP contribution in [0.25, 0.3) is 33.7 Å². The average molecular weight is 373 g/mol. The van der Waals surface area contributed by atoms with E-state index in [2.05, 4.69) is 15.0 Å². The zero-order valence-electron chi connectivity index (χ0n) is 15.1. The minimum Gasteiger partial charge on any atom is -0.330 e. The number of nitrogens with one attached hydrogen (secondary N) is 1. The van der Waals surface area contributed by atoms with Gasteiger partial charge in [0.1, 0.15) is 0 Å². The third kappa shape index (κ3) is 3.23. The highest BCUT2D eigenvalue weighted by Gasteiger charge is 2.17. The number of H-pyrrole nitrogens is 1. The fourth-order valence-electron chi connectivity index (χ4n) is 3.11. The maximum atomic E-state index is 12.9. The molecule has 2 heterocycles. The molecule has 0 amide bonds. The lowest BCUT2D eigenvalue weighted by molar-refractivity contribution is 0.602. The van der Waals surface area contributed by atoms with E-state index >= 15 is 0 Å². The highest BCUT2D eigenvalue weighted by atomic mass is 16.2. The molecule has 2 aromatic carbocycles. The van der Waals surface area contributed by atoms with Crippen LogP contribution in [0.2, 0.25) is 0 Å². The maximum Gasteiger partial charge on any atom is 0.330 e. The molecule has 7 heteroatoms. The van der Waals surface area contributed by atoms with Crippen LogP contribution in [0.5, 0.6) is 0 Å². The monoisotopic (exact) mass is 373 g/mol. The van der Waals surface area contributed by atoms with Crippen molar-refractivity contribution in [2.24, 2.45) is 5.73 Å². The fourth-order valence-corrected chi connectivity index (χ4v) is 3.11. The van der Waals surface area contributed by atoms with Crippen molar-refractivity contribution in [3.63, 3.8) is 0 Å². The number of benzene rings is 2. The van der Waals surface area contributed by atoms with Gasteiger partial charge in [-0.2, -0.15) is 0 Å². The van der Waals surface area contributed by atoms with E-state index < -0.39 is 11.2 Å². The van der Waals surface area contributed by atoms with Crippen LogP contribution < -0.4 is 17.0 Å². The van der Waals surface area contributed by atoms with E-state index in [0.29, 0.717) is 24.4 Å². The summed E-state index contributed by atoms with van der Waals surface area (Å²) in [6.45, 7) is 0.626. The standard InChI is InChI=1S/C21H19N5O2/c22-12-7-13-26-20(27)18-19(25-21(26)28)24-17(15-10-5-2-6-11-15)16(23-18)14-8-3-1-4-9-14/h1-6,8-11H,7,12-13,22H2,(H,24,25,28). The quantitative estimate of drug-likeness (QED) is 0.557. The SMILES string of the molecule is NCCCn1c(=O)[nH]c2nc(-c3ccccc3)c(-c3ccccc3)nc2c1=O. The first kappa shape index (κ1) is 17.8. The Labute approximate surface area is 160 Å². The summed E-state index contributed by atoms with van der Waals surface area (Å²) >= 11 is 0. The number of nitrogens with zero attached hydrogens (tertiary/aromatic N) is 3. The van der Waals surface area contributed by atoms with Crippen LogP contribution in [-0.2, 0) is 6.54 Å². The van der Waals surface area contributed by atoms with Gasteiger partial charge < -0.3 is 5.73 Å². The van der Waals surface area contributed by atoms with E-state index in [1.54, 1.807) is 0 Å². The molecule has 0 aliphatic carbocycles. The van der Waals surface area contributed by atoms with Gasteiger partial charge in [0, 0.05) is 17.7 Å². The summed E-state index contributed by atoms with van der Waals surface area (Å²) in [4.78, 5) is 37.2. The Hall–Kier alpha value is -3.58. The number of aromatic nitrogens is 4. The molecule has 3 N–H and O–H groups in total. The van der Waals surface area contributed by atoms with E-state index in [1.165, 1.54) is 0 Å². The largest absolute Gasteiger partial charge is 0.330 e. The van der Waals surface area contributed by atoms with Gasteiger partial charge in [0.15, 0.2) is 11.2 Å². The van der Waals surface area contributed by atoms with E-state index in [-0.39, 0.29) is 17.7 Å². The molecule has 140 valence electrons. The van der Waals surface area contributed by atoms with Crippen LogP contribution in [0.4, 0.5) is 0 Å². The normalized spacial score (nSPS) is 11.0. The van der Waals surface area contributed by atoms with E-state index in [4.69, 9.17) is 5.73 Å². The van der Waals surface area contributed by atoms with Crippen molar-refractivity contribution in [2.75, 3.05) is 6.54 Å². The first-order chi connectivity index (χ1) is 13.7. The van der Waals surface area contributed by atoms with Gasteiger partial charge in [-0.3, -0.25) is 14.3 Å². The van der Waals surface area contributed by atoms with Crippen molar-refractivity contribution in [1.82, 2.24) is 19.5 Å². The maximum absolute atomic E-state index is 12.9. The van der Waals surface area contributed by atoms with Crippen molar-refractivity contribution >= 4 is 11.2 Å². The number of hydrogen-bond acceptors (Lipinski definition) is 5. The first-order valence-electron chi connectivity index (χ1n) is 9.05. The van der Waals surface area contributed by atoms with Crippen molar-refractivity contribution in [3.8, 4) is 22.5 Å². The van der Waals surface area contributed by atoms with Crippen LogP contribution in [0.1, 0.15) is 6.42 Å². The topological polar surface area (TPSA) is 107 Å². The number of hydrogen-bond donors (Lipinski definition) is 2. The average Bonchev–Trinajstić information content (AvgIpc) is 2.74. The lowest BCUT2D eigenvalue weighted by Crippen LogP contribution is -2.36. The number of rotatable bonds is 5. The van der Waals surface area contributed by atoms with Crippen molar-refractivity contribution in [1.29, 1.82) is 0 Å². The molecule has 4 aromatic rings.